The highest BCUT2D eigenvalue weighted by atomic mass is 79.9. The molecular weight excluding hydrogens is 338 g/mol. The van der Waals surface area contributed by atoms with Crippen molar-refractivity contribution in [2.24, 2.45) is 0 Å². The van der Waals surface area contributed by atoms with Crippen LogP contribution >= 0.6 is 28.3 Å². The average Bonchev–Trinajstić information content (AvgIpc) is 2.88. The first-order valence-electron chi connectivity index (χ1n) is 6.58. The Hall–Kier alpha value is -1.04. The molecule has 0 saturated carbocycles. The van der Waals surface area contributed by atoms with Crippen molar-refractivity contribution >= 4 is 28.3 Å². The molecule has 2 unspecified atom stereocenters. The van der Waals surface area contributed by atoms with Crippen LogP contribution in [0.1, 0.15) is 33.9 Å². The van der Waals surface area contributed by atoms with E-state index in [0.717, 1.165) is 24.9 Å². The molecule has 1 aromatic heterocycles. The van der Waals surface area contributed by atoms with E-state index in [0.29, 0.717) is 12.0 Å². The lowest BCUT2D eigenvalue weighted by Crippen LogP contribution is -2.41. The predicted octanol–water partition coefficient (Wildman–Crippen LogP) is 3.29. The van der Waals surface area contributed by atoms with E-state index in [9.17, 15) is 10.2 Å². The van der Waals surface area contributed by atoms with E-state index < -0.39 is 0 Å². The van der Waals surface area contributed by atoms with Crippen LogP contribution in [-0.4, -0.2) is 16.3 Å². The van der Waals surface area contributed by atoms with Crippen LogP contribution in [0.25, 0.3) is 0 Å². The van der Waals surface area contributed by atoms with Gasteiger partial charge >= 0.3 is 0 Å². The van der Waals surface area contributed by atoms with Crippen LogP contribution in [0.15, 0.2) is 23.6 Å². The Morgan fingerprint density at radius 2 is 1.95 bits per heavy atom. The second kappa shape index (κ2) is 5.06. The van der Waals surface area contributed by atoms with Crippen molar-refractivity contribution in [1.82, 2.24) is 5.32 Å². The summed E-state index contributed by atoms with van der Waals surface area (Å²) in [5, 5.41) is 25.2. The second-order valence-corrected chi connectivity index (χ2v) is 6.34. The fraction of sp³-hybridized carbons (Fsp3) is 0.333. The van der Waals surface area contributed by atoms with Gasteiger partial charge in [0.2, 0.25) is 0 Å². The Bertz CT molecular complexity index is 655. The van der Waals surface area contributed by atoms with Crippen LogP contribution in [-0.2, 0) is 13.0 Å². The maximum absolute atomic E-state index is 9.80. The standard InChI is InChI=1S/C15H15NO2S.BrH/c17-12-5-8-1-2-11-15(10(8)6-13(12)18)9-3-4-19-14(9)7-16-11;/h3-6,11,15-18H,1-2,7H2;1H. The van der Waals surface area contributed by atoms with Crippen LogP contribution in [0.4, 0.5) is 0 Å². The molecule has 4 rings (SSSR count). The summed E-state index contributed by atoms with van der Waals surface area (Å²) >= 11 is 1.79. The molecule has 106 valence electrons. The number of hydrogen-bond acceptors (Lipinski definition) is 4. The van der Waals surface area contributed by atoms with Crippen LogP contribution in [0.3, 0.4) is 0 Å². The lowest BCUT2D eigenvalue weighted by molar-refractivity contribution is 0.382. The molecule has 20 heavy (non-hydrogen) atoms. The minimum Gasteiger partial charge on any atom is -0.504 e. The molecule has 0 radical (unpaired) electrons. The Morgan fingerprint density at radius 1 is 1.15 bits per heavy atom. The smallest absolute Gasteiger partial charge is 0.157 e. The largest absolute Gasteiger partial charge is 0.504 e. The normalized spacial score (nSPS) is 23.2. The van der Waals surface area contributed by atoms with Crippen molar-refractivity contribution in [3.05, 3.63) is 45.1 Å². The van der Waals surface area contributed by atoms with E-state index in [1.165, 1.54) is 16.0 Å². The van der Waals surface area contributed by atoms with E-state index in [1.807, 2.05) is 0 Å². The van der Waals surface area contributed by atoms with Crippen LogP contribution in [0, 0.1) is 0 Å². The van der Waals surface area contributed by atoms with E-state index in [4.69, 9.17) is 0 Å². The van der Waals surface area contributed by atoms with Gasteiger partial charge in [-0.1, -0.05) is 0 Å². The molecule has 1 aliphatic carbocycles. The fourth-order valence-electron chi connectivity index (χ4n) is 3.44. The number of nitrogens with one attached hydrogen (secondary N) is 1. The molecular formula is C15H16BrNO2S. The summed E-state index contributed by atoms with van der Waals surface area (Å²) in [7, 11) is 0. The number of phenols is 2. The topological polar surface area (TPSA) is 52.5 Å². The lowest BCUT2D eigenvalue weighted by Gasteiger charge is -2.38. The fourth-order valence-corrected chi connectivity index (χ4v) is 4.31. The summed E-state index contributed by atoms with van der Waals surface area (Å²) in [6, 6.07) is 6.12. The van der Waals surface area contributed by atoms with E-state index in [2.05, 4.69) is 16.8 Å². The van der Waals surface area contributed by atoms with Crippen molar-refractivity contribution in [2.75, 3.05) is 0 Å². The third-order valence-corrected chi connectivity index (χ3v) is 5.27. The molecule has 2 aromatic rings. The average molecular weight is 354 g/mol. The molecule has 0 fully saturated rings. The van der Waals surface area contributed by atoms with Gasteiger partial charge in [0.15, 0.2) is 11.5 Å². The summed E-state index contributed by atoms with van der Waals surface area (Å²) in [6.07, 6.45) is 2.04. The van der Waals surface area contributed by atoms with Gasteiger partial charge in [0, 0.05) is 23.4 Å². The first kappa shape index (κ1) is 13.9. The number of rotatable bonds is 0. The number of fused-ring (bicyclic) bond motifs is 5. The van der Waals surface area contributed by atoms with Gasteiger partial charge in [0.1, 0.15) is 0 Å². The van der Waals surface area contributed by atoms with Gasteiger partial charge in [0.05, 0.1) is 0 Å². The monoisotopic (exact) mass is 353 g/mol. The van der Waals surface area contributed by atoms with Gasteiger partial charge in [-0.2, -0.15) is 0 Å². The summed E-state index contributed by atoms with van der Waals surface area (Å²) in [6.45, 7) is 0.952. The van der Waals surface area contributed by atoms with Gasteiger partial charge in [0.25, 0.3) is 0 Å². The predicted molar refractivity (Wildman–Crippen MR) is 85.2 cm³/mol. The number of aromatic hydroxyl groups is 2. The highest BCUT2D eigenvalue weighted by Crippen LogP contribution is 2.45. The van der Waals surface area contributed by atoms with Crippen LogP contribution < -0.4 is 5.32 Å². The summed E-state index contributed by atoms with van der Waals surface area (Å²) in [5.74, 6) is 0.290. The zero-order chi connectivity index (χ0) is 13.0. The first-order chi connectivity index (χ1) is 9.24. The quantitative estimate of drug-likeness (QED) is 0.637. The van der Waals surface area contributed by atoms with Gasteiger partial charge < -0.3 is 15.5 Å². The molecule has 2 aliphatic rings. The summed E-state index contributed by atoms with van der Waals surface area (Å²) in [5.41, 5.74) is 3.72. The molecule has 1 aromatic carbocycles. The maximum Gasteiger partial charge on any atom is 0.157 e. The van der Waals surface area contributed by atoms with E-state index >= 15 is 0 Å². The zero-order valence-corrected chi connectivity index (χ0v) is 13.3. The number of benzene rings is 1. The first-order valence-corrected chi connectivity index (χ1v) is 7.46. The van der Waals surface area contributed by atoms with Crippen LogP contribution in [0.5, 0.6) is 11.5 Å². The second-order valence-electron chi connectivity index (χ2n) is 5.34. The minimum atomic E-state index is -0.0123. The van der Waals surface area contributed by atoms with Gasteiger partial charge in [-0.25, -0.2) is 0 Å². The molecule has 0 saturated heterocycles. The maximum atomic E-state index is 9.80. The van der Waals surface area contributed by atoms with Crippen molar-refractivity contribution < 1.29 is 10.2 Å². The zero-order valence-electron chi connectivity index (χ0n) is 10.8. The Morgan fingerprint density at radius 3 is 2.80 bits per heavy atom. The summed E-state index contributed by atoms with van der Waals surface area (Å²) in [4.78, 5) is 1.39. The Balaban J connectivity index is 0.00000121. The van der Waals surface area contributed by atoms with E-state index in [-0.39, 0.29) is 28.5 Å². The number of thiophene rings is 1. The SMILES string of the molecule is Br.Oc1cc2c(cc1O)C1c3ccsc3CNC1CC2. The minimum absolute atomic E-state index is 0. The number of hydrogen-bond donors (Lipinski definition) is 3. The van der Waals surface area contributed by atoms with Crippen molar-refractivity contribution in [1.29, 1.82) is 0 Å². The number of aryl methyl sites for hydroxylation is 1. The Labute approximate surface area is 132 Å². The summed E-state index contributed by atoms with van der Waals surface area (Å²) < 4.78 is 0. The van der Waals surface area contributed by atoms with Gasteiger partial charge in [-0.15, -0.1) is 28.3 Å². The molecule has 3 nitrogen and oxygen atoms in total. The number of halogens is 1. The van der Waals surface area contributed by atoms with Gasteiger partial charge in [-0.05, 0) is 53.1 Å². The third-order valence-electron chi connectivity index (χ3n) is 4.34. The molecule has 3 N–H and O–H groups in total. The molecule has 0 amide bonds. The van der Waals surface area contributed by atoms with Crippen molar-refractivity contribution in [3.8, 4) is 11.5 Å². The molecule has 0 bridgehead atoms. The molecule has 0 spiro atoms. The number of phenolic OH excluding ortho intramolecular Hbond substituents is 2. The Kier molecular flexibility index (Phi) is 3.52. The van der Waals surface area contributed by atoms with Gasteiger partial charge in [-0.3, -0.25) is 0 Å². The molecule has 2 atom stereocenters. The molecule has 5 heteroatoms. The highest BCUT2D eigenvalue weighted by Gasteiger charge is 2.35. The highest BCUT2D eigenvalue weighted by molar-refractivity contribution is 8.93. The molecule has 1 aliphatic heterocycles. The molecule has 2 heterocycles. The third kappa shape index (κ3) is 1.96. The lowest BCUT2D eigenvalue weighted by atomic mass is 9.74. The van der Waals surface area contributed by atoms with Crippen molar-refractivity contribution in [2.45, 2.75) is 31.3 Å². The van der Waals surface area contributed by atoms with Crippen molar-refractivity contribution in [3.63, 3.8) is 0 Å². The van der Waals surface area contributed by atoms with E-state index in [1.54, 1.807) is 23.5 Å². The van der Waals surface area contributed by atoms with Crippen LogP contribution in [0.2, 0.25) is 0 Å².